The van der Waals surface area contributed by atoms with Crippen molar-refractivity contribution >= 4 is 34.6 Å². The summed E-state index contributed by atoms with van der Waals surface area (Å²) in [7, 11) is 0. The standard InChI is InChI=1S/C52H63NO6/c1-3-5-7-8-9-10-11-12-13-14-15-16-17-19-37-57-50-33-26-43-38-45(23-22-44(43)39-50)52(55)59-49-34-27-46(28-35-49)53-40-41-20-29-48(30-21-41)58-51(54)42-24-31-47(32-25-42)56-36-18-6-4-2/h20-35,38-40H,3-19,36-37H2,1-2H3. The maximum atomic E-state index is 13.0. The van der Waals surface area contributed by atoms with Crippen LogP contribution in [0.4, 0.5) is 5.69 Å². The number of nitrogens with zero attached hydrogens (tertiary/aromatic N) is 1. The van der Waals surface area contributed by atoms with Crippen LogP contribution in [0.5, 0.6) is 23.0 Å². The van der Waals surface area contributed by atoms with Crippen LogP contribution in [0.15, 0.2) is 114 Å². The highest BCUT2D eigenvalue weighted by molar-refractivity contribution is 5.97. The number of rotatable bonds is 27. The lowest BCUT2D eigenvalue weighted by Gasteiger charge is -2.09. The second kappa shape index (κ2) is 25.8. The van der Waals surface area contributed by atoms with Gasteiger partial charge in [-0.1, -0.05) is 122 Å². The normalized spacial score (nSPS) is 11.2. The third-order valence-electron chi connectivity index (χ3n) is 10.4. The van der Waals surface area contributed by atoms with E-state index in [1.54, 1.807) is 72.9 Å². The van der Waals surface area contributed by atoms with Crippen molar-refractivity contribution in [1.29, 1.82) is 0 Å². The number of esters is 2. The Kier molecular flexibility index (Phi) is 19.6. The van der Waals surface area contributed by atoms with Crippen molar-refractivity contribution in [2.75, 3.05) is 13.2 Å². The van der Waals surface area contributed by atoms with Gasteiger partial charge in [0.05, 0.1) is 30.0 Å². The SMILES string of the molecule is CCCCCCCCCCCCCCCCOc1ccc2cc(C(=O)Oc3ccc(N=Cc4ccc(OC(=O)c5ccc(OCCCCC)cc5)cc4)cc3)ccc2c1. The molecule has 0 aliphatic heterocycles. The van der Waals surface area contributed by atoms with Crippen LogP contribution in [0.2, 0.25) is 0 Å². The van der Waals surface area contributed by atoms with Crippen molar-refractivity contribution in [3.63, 3.8) is 0 Å². The fraction of sp³-hybridized carbons (Fsp3) is 0.404. The number of aliphatic imine (C=N–C) groups is 1. The molecule has 0 saturated carbocycles. The average molecular weight is 798 g/mol. The summed E-state index contributed by atoms with van der Waals surface area (Å²) in [5.41, 5.74) is 2.47. The molecule has 5 aromatic rings. The van der Waals surface area contributed by atoms with Gasteiger partial charge in [0.2, 0.25) is 0 Å². The quantitative estimate of drug-likeness (QED) is 0.0228. The molecule has 7 heteroatoms. The first-order chi connectivity index (χ1) is 29.0. The largest absolute Gasteiger partial charge is 0.494 e. The molecule has 5 aromatic carbocycles. The molecule has 0 aliphatic carbocycles. The van der Waals surface area contributed by atoms with Crippen LogP contribution in [0.25, 0.3) is 10.8 Å². The summed E-state index contributed by atoms with van der Waals surface area (Å²) in [5, 5.41) is 1.97. The molecule has 0 bridgehead atoms. The predicted octanol–water partition coefficient (Wildman–Crippen LogP) is 14.5. The maximum Gasteiger partial charge on any atom is 0.343 e. The molecular formula is C52H63NO6. The molecule has 312 valence electrons. The van der Waals surface area contributed by atoms with Crippen LogP contribution in [-0.2, 0) is 0 Å². The summed E-state index contributed by atoms with van der Waals surface area (Å²) in [4.78, 5) is 30.2. The molecule has 0 N–H and O–H groups in total. The Balaban J connectivity index is 0.977. The first-order valence-electron chi connectivity index (χ1n) is 22.1. The zero-order valence-electron chi connectivity index (χ0n) is 35.3. The molecular weight excluding hydrogens is 735 g/mol. The lowest BCUT2D eigenvalue weighted by Crippen LogP contribution is -2.08. The molecule has 0 aromatic heterocycles. The third kappa shape index (κ3) is 16.4. The molecule has 0 aliphatic rings. The van der Waals surface area contributed by atoms with Crippen molar-refractivity contribution in [1.82, 2.24) is 0 Å². The van der Waals surface area contributed by atoms with Crippen molar-refractivity contribution in [3.8, 4) is 23.0 Å². The van der Waals surface area contributed by atoms with Gasteiger partial charge in [-0.15, -0.1) is 0 Å². The summed E-state index contributed by atoms with van der Waals surface area (Å²) in [6, 6.07) is 32.7. The smallest absolute Gasteiger partial charge is 0.343 e. The maximum absolute atomic E-state index is 13.0. The van der Waals surface area contributed by atoms with E-state index in [1.165, 1.54) is 83.5 Å². The topological polar surface area (TPSA) is 83.4 Å². The minimum absolute atomic E-state index is 0.425. The number of ether oxygens (including phenoxy) is 4. The van der Waals surface area contributed by atoms with Crippen molar-refractivity contribution in [3.05, 3.63) is 126 Å². The molecule has 0 amide bonds. The average Bonchev–Trinajstić information content (AvgIpc) is 3.26. The lowest BCUT2D eigenvalue weighted by atomic mass is 10.0. The minimum Gasteiger partial charge on any atom is -0.494 e. The zero-order chi connectivity index (χ0) is 41.3. The van der Waals surface area contributed by atoms with Crippen LogP contribution in [0.1, 0.15) is 149 Å². The van der Waals surface area contributed by atoms with E-state index in [2.05, 4.69) is 18.8 Å². The van der Waals surface area contributed by atoms with Gasteiger partial charge in [-0.2, -0.15) is 0 Å². The first kappa shape index (κ1) is 44.7. The van der Waals surface area contributed by atoms with Gasteiger partial charge in [0.25, 0.3) is 0 Å². The van der Waals surface area contributed by atoms with Crippen LogP contribution < -0.4 is 18.9 Å². The Morgan fingerprint density at radius 3 is 1.47 bits per heavy atom. The van der Waals surface area contributed by atoms with E-state index in [9.17, 15) is 9.59 Å². The summed E-state index contributed by atoms with van der Waals surface area (Å²) in [6.07, 6.45) is 23.8. The van der Waals surface area contributed by atoms with Gasteiger partial charge >= 0.3 is 11.9 Å². The van der Waals surface area contributed by atoms with E-state index < -0.39 is 11.9 Å². The van der Waals surface area contributed by atoms with Gasteiger partial charge in [-0.25, -0.2) is 9.59 Å². The summed E-state index contributed by atoms with van der Waals surface area (Å²) in [5.74, 6) is 1.60. The van der Waals surface area contributed by atoms with Crippen LogP contribution in [0, 0.1) is 0 Å². The highest BCUT2D eigenvalue weighted by Crippen LogP contribution is 2.25. The number of benzene rings is 5. The van der Waals surface area contributed by atoms with Gasteiger partial charge < -0.3 is 18.9 Å². The van der Waals surface area contributed by atoms with E-state index >= 15 is 0 Å². The van der Waals surface area contributed by atoms with Crippen LogP contribution in [0.3, 0.4) is 0 Å². The molecule has 0 fully saturated rings. The second-order valence-electron chi connectivity index (χ2n) is 15.3. The molecule has 59 heavy (non-hydrogen) atoms. The summed E-state index contributed by atoms with van der Waals surface area (Å²) < 4.78 is 23.0. The van der Waals surface area contributed by atoms with Crippen molar-refractivity contribution in [2.24, 2.45) is 4.99 Å². The van der Waals surface area contributed by atoms with E-state index in [1.807, 2.05) is 42.5 Å². The number of hydrogen-bond donors (Lipinski definition) is 0. The molecule has 7 nitrogen and oxygen atoms in total. The molecule has 0 radical (unpaired) electrons. The number of hydrogen-bond acceptors (Lipinski definition) is 7. The fourth-order valence-corrected chi connectivity index (χ4v) is 6.86. The number of carbonyl (C=O) groups excluding carboxylic acids is 2. The monoisotopic (exact) mass is 797 g/mol. The Morgan fingerprint density at radius 1 is 0.441 bits per heavy atom. The van der Waals surface area contributed by atoms with E-state index in [4.69, 9.17) is 18.9 Å². The number of unbranched alkanes of at least 4 members (excludes halogenated alkanes) is 15. The Bertz CT molecular complexity index is 2000. The van der Waals surface area contributed by atoms with Crippen LogP contribution >= 0.6 is 0 Å². The summed E-state index contributed by atoms with van der Waals surface area (Å²) >= 11 is 0. The lowest BCUT2D eigenvalue weighted by molar-refractivity contribution is 0.0725. The Hall–Kier alpha value is -5.43. The summed E-state index contributed by atoms with van der Waals surface area (Å²) in [6.45, 7) is 5.82. The highest BCUT2D eigenvalue weighted by atomic mass is 16.5. The van der Waals surface area contributed by atoms with E-state index in [0.717, 1.165) is 60.1 Å². The zero-order valence-corrected chi connectivity index (χ0v) is 35.3. The van der Waals surface area contributed by atoms with Gasteiger partial charge in [0.15, 0.2) is 0 Å². The van der Waals surface area contributed by atoms with Gasteiger partial charge in [-0.05, 0) is 126 Å². The molecule has 5 rings (SSSR count). The van der Waals surface area contributed by atoms with Gasteiger partial charge in [0, 0.05) is 6.21 Å². The van der Waals surface area contributed by atoms with Crippen molar-refractivity contribution in [2.45, 2.75) is 123 Å². The molecule has 0 spiro atoms. The minimum atomic E-state index is -0.435. The Morgan fingerprint density at radius 2 is 0.864 bits per heavy atom. The molecule has 0 heterocycles. The third-order valence-corrected chi connectivity index (χ3v) is 10.4. The Labute approximate surface area is 352 Å². The number of carbonyl (C=O) groups is 2. The van der Waals surface area contributed by atoms with E-state index in [-0.39, 0.29) is 0 Å². The molecule has 0 saturated heterocycles. The van der Waals surface area contributed by atoms with Crippen LogP contribution in [-0.4, -0.2) is 31.4 Å². The predicted molar refractivity (Wildman–Crippen MR) is 241 cm³/mol. The molecule has 0 unspecified atom stereocenters. The van der Waals surface area contributed by atoms with Gasteiger partial charge in [-0.3, -0.25) is 4.99 Å². The highest BCUT2D eigenvalue weighted by Gasteiger charge is 2.11. The number of fused-ring (bicyclic) bond motifs is 1. The second-order valence-corrected chi connectivity index (χ2v) is 15.3. The first-order valence-corrected chi connectivity index (χ1v) is 22.1. The van der Waals surface area contributed by atoms with Gasteiger partial charge in [0.1, 0.15) is 23.0 Å². The van der Waals surface area contributed by atoms with E-state index in [0.29, 0.717) is 34.9 Å². The van der Waals surface area contributed by atoms with Crippen molar-refractivity contribution < 1.29 is 28.5 Å². The fourth-order valence-electron chi connectivity index (χ4n) is 6.86. The molecule has 0 atom stereocenters.